The zero-order valence-corrected chi connectivity index (χ0v) is 22.4. The van der Waals surface area contributed by atoms with Crippen LogP contribution in [0.2, 0.25) is 0 Å². The lowest BCUT2D eigenvalue weighted by Crippen LogP contribution is -2.16. The molecule has 0 radical (unpaired) electrons. The number of thioether (sulfide) groups is 1. The molecule has 0 aliphatic heterocycles. The van der Waals surface area contributed by atoms with Crippen molar-refractivity contribution >= 4 is 45.7 Å². The highest BCUT2D eigenvalue weighted by molar-refractivity contribution is 7.99. The van der Waals surface area contributed by atoms with Crippen LogP contribution in [0.25, 0.3) is 16.5 Å². The van der Waals surface area contributed by atoms with Crippen molar-refractivity contribution in [3.63, 3.8) is 0 Å². The van der Waals surface area contributed by atoms with Gasteiger partial charge in [0.25, 0.3) is 0 Å². The van der Waals surface area contributed by atoms with Crippen LogP contribution >= 0.6 is 11.8 Å². The first kappa shape index (κ1) is 26.0. The molecule has 0 bridgehead atoms. The van der Waals surface area contributed by atoms with Crippen molar-refractivity contribution in [2.45, 2.75) is 25.6 Å². The van der Waals surface area contributed by atoms with E-state index in [9.17, 15) is 9.59 Å². The maximum atomic E-state index is 12.9. The predicted octanol–water partition coefficient (Wildman–Crippen LogP) is 6.00. The van der Waals surface area contributed by atoms with Crippen LogP contribution in [-0.4, -0.2) is 32.3 Å². The summed E-state index contributed by atoms with van der Waals surface area (Å²) in [5.41, 5.74) is 3.03. The maximum Gasteiger partial charge on any atom is 0.234 e. The average molecular weight is 538 g/mol. The van der Waals surface area contributed by atoms with Gasteiger partial charge in [0.05, 0.1) is 5.75 Å². The Hall–Kier alpha value is -4.63. The Morgan fingerprint density at radius 2 is 1.67 bits per heavy atom. The summed E-state index contributed by atoms with van der Waals surface area (Å²) in [7, 11) is 0. The van der Waals surface area contributed by atoms with Crippen LogP contribution < -0.4 is 15.4 Å². The Bertz CT molecular complexity index is 1630. The smallest absolute Gasteiger partial charge is 0.234 e. The number of anilines is 2. The van der Waals surface area contributed by atoms with Crippen LogP contribution in [0.4, 0.5) is 11.4 Å². The summed E-state index contributed by atoms with van der Waals surface area (Å²) >= 11 is 1.29. The second-order valence-electron chi connectivity index (χ2n) is 8.88. The molecule has 5 aromatic rings. The van der Waals surface area contributed by atoms with Crippen molar-refractivity contribution in [3.05, 3.63) is 102 Å². The Morgan fingerprint density at radius 3 is 2.49 bits per heavy atom. The minimum Gasteiger partial charge on any atom is -0.485 e. The van der Waals surface area contributed by atoms with Gasteiger partial charge in [-0.25, -0.2) is 0 Å². The van der Waals surface area contributed by atoms with E-state index in [0.29, 0.717) is 22.4 Å². The summed E-state index contributed by atoms with van der Waals surface area (Å²) in [5.74, 6) is 1.14. The van der Waals surface area contributed by atoms with E-state index in [-0.39, 0.29) is 24.2 Å². The molecule has 39 heavy (non-hydrogen) atoms. The Kier molecular flexibility index (Phi) is 7.88. The predicted molar refractivity (Wildman–Crippen MR) is 154 cm³/mol. The zero-order chi connectivity index (χ0) is 27.2. The Balaban J connectivity index is 1.33. The number of hydrogen-bond acceptors (Lipinski definition) is 6. The second-order valence-corrected chi connectivity index (χ2v) is 9.83. The fourth-order valence-corrected chi connectivity index (χ4v) is 4.91. The Labute approximate surface area is 230 Å². The number of aryl methyl sites for hydroxylation is 1. The molecular weight excluding hydrogens is 510 g/mol. The average Bonchev–Trinajstić information content (AvgIpc) is 3.35. The van der Waals surface area contributed by atoms with Gasteiger partial charge in [-0.2, -0.15) is 0 Å². The first-order valence-corrected chi connectivity index (χ1v) is 13.4. The van der Waals surface area contributed by atoms with E-state index in [1.54, 1.807) is 12.1 Å². The number of nitrogens with zero attached hydrogens (tertiary/aromatic N) is 3. The molecule has 1 aromatic heterocycles. The van der Waals surface area contributed by atoms with Crippen molar-refractivity contribution < 1.29 is 14.3 Å². The molecule has 0 spiro atoms. The number of ether oxygens (including phenoxy) is 1. The third-order valence-electron chi connectivity index (χ3n) is 5.99. The summed E-state index contributed by atoms with van der Waals surface area (Å²) in [6.45, 7) is 3.55. The van der Waals surface area contributed by atoms with Gasteiger partial charge in [-0.3, -0.25) is 14.2 Å². The molecule has 5 rings (SSSR count). The van der Waals surface area contributed by atoms with Crippen molar-refractivity contribution in [2.24, 2.45) is 0 Å². The number of hydrogen-bond donors (Lipinski definition) is 2. The van der Waals surface area contributed by atoms with E-state index < -0.39 is 0 Å². The third kappa shape index (κ3) is 6.27. The van der Waals surface area contributed by atoms with Crippen molar-refractivity contribution in [2.75, 3.05) is 16.4 Å². The minimum absolute atomic E-state index is 0.124. The summed E-state index contributed by atoms with van der Waals surface area (Å²) in [4.78, 5) is 24.3. The number of para-hydroxylation sites is 1. The molecule has 0 unspecified atom stereocenters. The molecule has 0 fully saturated rings. The third-order valence-corrected chi connectivity index (χ3v) is 6.91. The van der Waals surface area contributed by atoms with Crippen LogP contribution in [0.5, 0.6) is 5.75 Å². The van der Waals surface area contributed by atoms with Crippen LogP contribution in [0.15, 0.2) is 96.2 Å². The Morgan fingerprint density at radius 1 is 0.897 bits per heavy atom. The molecule has 2 amide bonds. The summed E-state index contributed by atoms with van der Waals surface area (Å²) in [6.07, 6.45) is 0. The standard InChI is InChI=1S/C30H27N5O3S/c1-20-15-16-23(31-21(2)36)17-26(20)32-29(37)19-39-30-34-33-28(35(30)24-11-4-3-5-12-24)18-38-27-14-8-10-22-9-6-7-13-25(22)27/h3-17H,18-19H2,1-2H3,(H,31,36)(H,32,37). The largest absolute Gasteiger partial charge is 0.485 e. The molecule has 196 valence electrons. The number of aromatic nitrogens is 3. The maximum absolute atomic E-state index is 12.9. The lowest BCUT2D eigenvalue weighted by atomic mass is 10.1. The number of benzene rings is 4. The van der Waals surface area contributed by atoms with Crippen LogP contribution in [0.1, 0.15) is 18.3 Å². The van der Waals surface area contributed by atoms with Crippen molar-refractivity contribution in [1.82, 2.24) is 14.8 Å². The first-order valence-electron chi connectivity index (χ1n) is 12.4. The molecule has 8 nitrogen and oxygen atoms in total. The summed E-state index contributed by atoms with van der Waals surface area (Å²) in [6, 6.07) is 29.2. The van der Waals surface area contributed by atoms with Crippen molar-refractivity contribution in [1.29, 1.82) is 0 Å². The number of rotatable bonds is 9. The molecule has 0 atom stereocenters. The summed E-state index contributed by atoms with van der Waals surface area (Å²) < 4.78 is 8.10. The molecule has 0 aliphatic carbocycles. The van der Waals surface area contributed by atoms with E-state index in [1.807, 2.05) is 90.4 Å². The van der Waals surface area contributed by atoms with E-state index >= 15 is 0 Å². The highest BCUT2D eigenvalue weighted by atomic mass is 32.2. The lowest BCUT2D eigenvalue weighted by Gasteiger charge is -2.13. The topological polar surface area (TPSA) is 98.1 Å². The first-order chi connectivity index (χ1) is 19.0. The van der Waals surface area contributed by atoms with E-state index in [4.69, 9.17) is 4.74 Å². The molecule has 0 saturated heterocycles. The number of fused-ring (bicyclic) bond motifs is 1. The van der Waals surface area contributed by atoms with E-state index in [2.05, 4.69) is 20.8 Å². The highest BCUT2D eigenvalue weighted by Gasteiger charge is 2.17. The van der Waals surface area contributed by atoms with Crippen LogP contribution in [0, 0.1) is 6.92 Å². The molecule has 0 saturated carbocycles. The number of carbonyl (C=O) groups is 2. The molecular formula is C30H27N5O3S. The van der Waals surface area contributed by atoms with Gasteiger partial charge in [-0.15, -0.1) is 10.2 Å². The summed E-state index contributed by atoms with van der Waals surface area (Å²) in [5, 5.41) is 17.1. The molecule has 4 aromatic carbocycles. The molecule has 2 N–H and O–H groups in total. The normalized spacial score (nSPS) is 10.8. The monoisotopic (exact) mass is 537 g/mol. The van der Waals surface area contributed by atoms with Crippen LogP contribution in [-0.2, 0) is 16.2 Å². The van der Waals surface area contributed by atoms with Gasteiger partial charge >= 0.3 is 0 Å². The van der Waals surface area contributed by atoms with Gasteiger partial charge in [-0.05, 0) is 48.2 Å². The number of amides is 2. The quantitative estimate of drug-likeness (QED) is 0.224. The molecule has 9 heteroatoms. The highest BCUT2D eigenvalue weighted by Crippen LogP contribution is 2.28. The van der Waals surface area contributed by atoms with Gasteiger partial charge in [-0.1, -0.05) is 72.4 Å². The van der Waals surface area contributed by atoms with Gasteiger partial charge in [0, 0.05) is 29.4 Å². The van der Waals surface area contributed by atoms with Gasteiger partial charge in [0.1, 0.15) is 12.4 Å². The number of nitrogens with one attached hydrogen (secondary N) is 2. The fourth-order valence-electron chi connectivity index (χ4n) is 4.14. The minimum atomic E-state index is -0.195. The molecule has 1 heterocycles. The SMILES string of the molecule is CC(=O)Nc1ccc(C)c(NC(=O)CSc2nnc(COc3cccc4ccccc34)n2-c2ccccc2)c1. The van der Waals surface area contributed by atoms with Crippen LogP contribution in [0.3, 0.4) is 0 Å². The number of carbonyl (C=O) groups excluding carboxylic acids is 2. The van der Waals surface area contributed by atoms with Gasteiger partial charge in [0.15, 0.2) is 11.0 Å². The fraction of sp³-hybridized carbons (Fsp3) is 0.133. The van der Waals surface area contributed by atoms with Crippen molar-refractivity contribution in [3.8, 4) is 11.4 Å². The van der Waals surface area contributed by atoms with Gasteiger partial charge in [0.2, 0.25) is 11.8 Å². The van der Waals surface area contributed by atoms with E-state index in [1.165, 1.54) is 18.7 Å². The lowest BCUT2D eigenvalue weighted by molar-refractivity contribution is -0.114. The van der Waals surface area contributed by atoms with Gasteiger partial charge < -0.3 is 15.4 Å². The zero-order valence-electron chi connectivity index (χ0n) is 21.5. The molecule has 0 aliphatic rings. The van der Waals surface area contributed by atoms with E-state index in [0.717, 1.165) is 27.8 Å². The second kappa shape index (κ2) is 11.8.